The van der Waals surface area contributed by atoms with Crippen molar-refractivity contribution < 1.29 is 19.8 Å². The monoisotopic (exact) mass is 450 g/mol. The molecule has 0 amide bonds. The first-order valence-corrected chi connectivity index (χ1v) is 11.3. The van der Waals surface area contributed by atoms with Gasteiger partial charge in [0.1, 0.15) is 5.82 Å². The van der Waals surface area contributed by atoms with E-state index in [0.29, 0.717) is 18.5 Å². The summed E-state index contributed by atoms with van der Waals surface area (Å²) in [5, 5.41) is 20.5. The Hall–Kier alpha value is -3.45. The van der Waals surface area contributed by atoms with Crippen molar-refractivity contribution in [2.24, 2.45) is 0 Å². The summed E-state index contributed by atoms with van der Waals surface area (Å²) in [5.41, 5.74) is 2.92. The number of aliphatic carboxylic acids is 2. The topological polar surface area (TPSA) is 92.4 Å². The average molecular weight is 451 g/mol. The van der Waals surface area contributed by atoms with Crippen molar-refractivity contribution in [3.05, 3.63) is 87.1 Å². The van der Waals surface area contributed by atoms with E-state index in [1.807, 2.05) is 41.8 Å². The van der Waals surface area contributed by atoms with Crippen molar-refractivity contribution >= 4 is 35.4 Å². The van der Waals surface area contributed by atoms with E-state index in [-0.39, 0.29) is 0 Å². The fourth-order valence-electron chi connectivity index (χ4n) is 3.31. The minimum atomic E-state index is -0.985. The number of nitrogens with zero attached hydrogens (tertiary/aromatic N) is 2. The molecule has 166 valence electrons. The van der Waals surface area contributed by atoms with Gasteiger partial charge >= 0.3 is 11.9 Å². The molecule has 1 aromatic carbocycles. The normalized spacial score (nSPS) is 11.8. The SMILES string of the molecule is CCCCc1ncc(/C=C(\Cc2cccs2)C(=O)O)n1Cc1ccc(C=CC(=O)O)cc1. The van der Waals surface area contributed by atoms with Gasteiger partial charge in [0, 0.05) is 35.9 Å². The smallest absolute Gasteiger partial charge is 0.332 e. The van der Waals surface area contributed by atoms with E-state index in [4.69, 9.17) is 5.11 Å². The zero-order chi connectivity index (χ0) is 22.9. The molecule has 0 bridgehead atoms. The van der Waals surface area contributed by atoms with Crippen molar-refractivity contribution in [2.45, 2.75) is 39.2 Å². The Balaban J connectivity index is 1.90. The Bertz CT molecular complexity index is 1110. The van der Waals surface area contributed by atoms with E-state index in [2.05, 4.69) is 16.5 Å². The Kier molecular flexibility index (Phi) is 8.16. The standard InChI is InChI=1S/C25H26N2O4S/c1-2-3-6-23-26-16-21(14-20(25(30)31)15-22-5-4-13-32-22)27(23)17-19-9-7-18(8-10-19)11-12-24(28)29/h4-5,7-14,16H,2-3,6,15,17H2,1H3,(H,28,29)(H,30,31)/b12-11?,20-14+. The van der Waals surface area contributed by atoms with Gasteiger partial charge in [-0.05, 0) is 41.1 Å². The number of carboxylic acids is 2. The third kappa shape index (κ3) is 6.52. The number of thiophene rings is 1. The lowest BCUT2D eigenvalue weighted by Crippen LogP contribution is -2.09. The van der Waals surface area contributed by atoms with Gasteiger partial charge in [-0.25, -0.2) is 14.6 Å². The maximum Gasteiger partial charge on any atom is 0.332 e. The Morgan fingerprint density at radius 1 is 1.16 bits per heavy atom. The number of imidazole rings is 1. The molecule has 0 spiro atoms. The van der Waals surface area contributed by atoms with Crippen LogP contribution in [-0.2, 0) is 29.0 Å². The average Bonchev–Trinajstić information content (AvgIpc) is 3.41. The van der Waals surface area contributed by atoms with Gasteiger partial charge in [-0.2, -0.15) is 0 Å². The van der Waals surface area contributed by atoms with Crippen molar-refractivity contribution in [3.63, 3.8) is 0 Å². The predicted molar refractivity (Wildman–Crippen MR) is 127 cm³/mol. The summed E-state index contributed by atoms with van der Waals surface area (Å²) in [7, 11) is 0. The number of hydrogen-bond acceptors (Lipinski definition) is 4. The van der Waals surface area contributed by atoms with Gasteiger partial charge < -0.3 is 14.8 Å². The molecule has 0 unspecified atom stereocenters. The van der Waals surface area contributed by atoms with Crippen molar-refractivity contribution in [2.75, 3.05) is 0 Å². The van der Waals surface area contributed by atoms with Crippen LogP contribution in [-0.4, -0.2) is 31.7 Å². The van der Waals surface area contributed by atoms with E-state index < -0.39 is 11.9 Å². The van der Waals surface area contributed by atoms with Gasteiger partial charge in [0.2, 0.25) is 0 Å². The van der Waals surface area contributed by atoms with E-state index in [1.54, 1.807) is 29.7 Å². The maximum absolute atomic E-state index is 11.9. The number of aromatic nitrogens is 2. The lowest BCUT2D eigenvalue weighted by atomic mass is 10.1. The number of aryl methyl sites for hydroxylation is 1. The highest BCUT2D eigenvalue weighted by Crippen LogP contribution is 2.20. The molecule has 7 heteroatoms. The van der Waals surface area contributed by atoms with E-state index in [0.717, 1.165) is 52.9 Å². The van der Waals surface area contributed by atoms with Crippen LogP contribution in [0.5, 0.6) is 0 Å². The van der Waals surface area contributed by atoms with Crippen LogP contribution in [0.25, 0.3) is 12.2 Å². The third-order valence-electron chi connectivity index (χ3n) is 5.00. The maximum atomic E-state index is 11.9. The first-order chi connectivity index (χ1) is 15.5. The largest absolute Gasteiger partial charge is 0.478 e. The second kappa shape index (κ2) is 11.2. The van der Waals surface area contributed by atoms with Gasteiger partial charge in [0.25, 0.3) is 0 Å². The molecule has 32 heavy (non-hydrogen) atoms. The summed E-state index contributed by atoms with van der Waals surface area (Å²) in [6.45, 7) is 2.68. The van der Waals surface area contributed by atoms with Crippen LogP contribution >= 0.6 is 11.3 Å². The number of hydrogen-bond donors (Lipinski definition) is 2. The molecular weight excluding hydrogens is 424 g/mol. The summed E-state index contributed by atoms with van der Waals surface area (Å²) in [4.78, 5) is 28.2. The van der Waals surface area contributed by atoms with Gasteiger partial charge in [0.15, 0.2) is 0 Å². The molecule has 0 aliphatic carbocycles. The first-order valence-electron chi connectivity index (χ1n) is 10.5. The summed E-state index contributed by atoms with van der Waals surface area (Å²) in [6, 6.07) is 11.5. The fourth-order valence-corrected chi connectivity index (χ4v) is 4.04. The van der Waals surface area contributed by atoms with Crippen LogP contribution in [0.3, 0.4) is 0 Å². The quantitative estimate of drug-likeness (QED) is 0.395. The number of benzene rings is 1. The van der Waals surface area contributed by atoms with Crippen LogP contribution in [0.15, 0.2) is 59.6 Å². The Labute approximate surface area is 191 Å². The Morgan fingerprint density at radius 2 is 1.94 bits per heavy atom. The Morgan fingerprint density at radius 3 is 2.56 bits per heavy atom. The summed E-state index contributed by atoms with van der Waals surface area (Å²) < 4.78 is 2.06. The minimum absolute atomic E-state index is 0.324. The molecule has 3 aromatic rings. The number of rotatable bonds is 11. The van der Waals surface area contributed by atoms with Crippen LogP contribution in [0, 0.1) is 0 Å². The summed E-state index contributed by atoms with van der Waals surface area (Å²) >= 11 is 1.54. The molecule has 3 rings (SSSR count). The van der Waals surface area contributed by atoms with Crippen LogP contribution in [0.2, 0.25) is 0 Å². The molecule has 0 radical (unpaired) electrons. The second-order valence-corrected chi connectivity index (χ2v) is 8.47. The van der Waals surface area contributed by atoms with Crippen LogP contribution in [0.4, 0.5) is 0 Å². The molecule has 0 saturated heterocycles. The number of carboxylic acid groups (broad SMARTS) is 2. The number of carbonyl (C=O) groups is 2. The van der Waals surface area contributed by atoms with Gasteiger partial charge in [0.05, 0.1) is 11.9 Å². The third-order valence-corrected chi connectivity index (χ3v) is 5.88. The molecule has 2 aromatic heterocycles. The molecule has 2 heterocycles. The van der Waals surface area contributed by atoms with Crippen LogP contribution in [0.1, 0.15) is 47.3 Å². The van der Waals surface area contributed by atoms with Crippen LogP contribution < -0.4 is 0 Å². The van der Waals surface area contributed by atoms with E-state index in [9.17, 15) is 14.7 Å². The molecule has 0 saturated carbocycles. The second-order valence-electron chi connectivity index (χ2n) is 7.43. The molecule has 0 aliphatic rings. The highest BCUT2D eigenvalue weighted by Gasteiger charge is 2.14. The van der Waals surface area contributed by atoms with E-state index >= 15 is 0 Å². The lowest BCUT2D eigenvalue weighted by molar-refractivity contribution is -0.133. The molecule has 0 fully saturated rings. The lowest BCUT2D eigenvalue weighted by Gasteiger charge is -2.12. The first kappa shape index (κ1) is 23.2. The minimum Gasteiger partial charge on any atom is -0.478 e. The molecule has 6 nitrogen and oxygen atoms in total. The van der Waals surface area contributed by atoms with Gasteiger partial charge in [-0.1, -0.05) is 43.7 Å². The van der Waals surface area contributed by atoms with Crippen molar-refractivity contribution in [1.82, 2.24) is 9.55 Å². The van der Waals surface area contributed by atoms with Gasteiger partial charge in [-0.15, -0.1) is 11.3 Å². The highest BCUT2D eigenvalue weighted by atomic mass is 32.1. The van der Waals surface area contributed by atoms with Crippen molar-refractivity contribution in [3.8, 4) is 0 Å². The fraction of sp³-hybridized carbons (Fsp3) is 0.240. The van der Waals surface area contributed by atoms with Crippen molar-refractivity contribution in [1.29, 1.82) is 0 Å². The zero-order valence-corrected chi connectivity index (χ0v) is 18.7. The molecule has 0 aliphatic heterocycles. The molecule has 0 atom stereocenters. The molecular formula is C25H26N2O4S. The highest BCUT2D eigenvalue weighted by molar-refractivity contribution is 7.09. The molecule has 2 N–H and O–H groups in total. The van der Waals surface area contributed by atoms with E-state index in [1.165, 1.54) is 0 Å². The zero-order valence-electron chi connectivity index (χ0n) is 17.9. The summed E-state index contributed by atoms with van der Waals surface area (Å²) in [6.07, 6.45) is 9.35. The number of unbranched alkanes of at least 4 members (excludes halogenated alkanes) is 1. The summed E-state index contributed by atoms with van der Waals surface area (Å²) in [5.74, 6) is -0.995. The predicted octanol–water partition coefficient (Wildman–Crippen LogP) is 5.14. The van der Waals surface area contributed by atoms with Gasteiger partial charge in [-0.3, -0.25) is 0 Å².